The molecule has 21 heavy (non-hydrogen) atoms. The summed E-state index contributed by atoms with van der Waals surface area (Å²) < 4.78 is 5.35. The minimum Gasteiger partial charge on any atom is -0.464 e. The van der Waals surface area contributed by atoms with E-state index in [4.69, 9.17) is 10.5 Å². The van der Waals surface area contributed by atoms with Crippen LogP contribution in [0.1, 0.15) is 24.5 Å². The molecular formula is C15H19N5O. The lowest BCUT2D eigenvalue weighted by Crippen LogP contribution is -2.25. The van der Waals surface area contributed by atoms with Crippen LogP contribution >= 0.6 is 0 Å². The number of ether oxygens (including phenoxy) is 1. The van der Waals surface area contributed by atoms with Crippen molar-refractivity contribution in [2.24, 2.45) is 0 Å². The van der Waals surface area contributed by atoms with Crippen molar-refractivity contribution in [1.29, 1.82) is 0 Å². The summed E-state index contributed by atoms with van der Waals surface area (Å²) in [7, 11) is 0. The van der Waals surface area contributed by atoms with Gasteiger partial charge in [0.05, 0.1) is 6.61 Å². The van der Waals surface area contributed by atoms with Gasteiger partial charge in [0, 0.05) is 13.1 Å². The fourth-order valence-electron chi connectivity index (χ4n) is 2.57. The first kappa shape index (κ1) is 13.6. The van der Waals surface area contributed by atoms with Crippen LogP contribution in [0, 0.1) is 0 Å². The van der Waals surface area contributed by atoms with Crippen molar-refractivity contribution in [2.45, 2.75) is 26.3 Å². The first-order valence-electron chi connectivity index (χ1n) is 7.22. The van der Waals surface area contributed by atoms with E-state index in [0.717, 1.165) is 25.9 Å². The molecule has 2 aromatic rings. The summed E-state index contributed by atoms with van der Waals surface area (Å²) in [5.41, 5.74) is 8.47. The number of nitrogen functional groups attached to an aromatic ring is 1. The largest absolute Gasteiger partial charge is 0.464 e. The van der Waals surface area contributed by atoms with Crippen molar-refractivity contribution in [3.8, 4) is 6.01 Å². The van der Waals surface area contributed by atoms with Crippen molar-refractivity contribution in [3.05, 3.63) is 35.4 Å². The molecule has 0 saturated carbocycles. The molecule has 0 fully saturated rings. The minimum absolute atomic E-state index is 0.195. The average molecular weight is 285 g/mol. The second-order valence-electron chi connectivity index (χ2n) is 5.00. The fourth-order valence-corrected chi connectivity index (χ4v) is 2.57. The molecule has 3 rings (SSSR count). The Hall–Kier alpha value is -2.37. The van der Waals surface area contributed by atoms with Gasteiger partial charge >= 0.3 is 6.01 Å². The minimum atomic E-state index is 0.195. The van der Waals surface area contributed by atoms with Crippen LogP contribution in [-0.4, -0.2) is 28.1 Å². The van der Waals surface area contributed by atoms with E-state index < -0.39 is 0 Å². The van der Waals surface area contributed by atoms with Crippen molar-refractivity contribution in [3.63, 3.8) is 0 Å². The molecule has 0 amide bonds. The Labute approximate surface area is 124 Å². The molecule has 1 aromatic heterocycles. The topological polar surface area (TPSA) is 77.2 Å². The van der Waals surface area contributed by atoms with E-state index in [9.17, 15) is 0 Å². The first-order chi connectivity index (χ1) is 10.3. The van der Waals surface area contributed by atoms with Crippen LogP contribution in [0.2, 0.25) is 0 Å². The third-order valence-corrected chi connectivity index (χ3v) is 3.53. The first-order valence-corrected chi connectivity index (χ1v) is 7.22. The zero-order valence-corrected chi connectivity index (χ0v) is 12.1. The number of nitrogens with zero attached hydrogens (tertiary/aromatic N) is 4. The lowest BCUT2D eigenvalue weighted by Gasteiger charge is -2.21. The Morgan fingerprint density at radius 1 is 1.19 bits per heavy atom. The van der Waals surface area contributed by atoms with Gasteiger partial charge in [0.2, 0.25) is 11.9 Å². The standard InChI is InChI=1S/C15H19N5O/c1-2-21-15-18-13(16)17-14(19-15)20-9-5-8-11-6-3-4-7-12(11)10-20/h3-4,6-7H,2,5,8-10H2,1H3,(H2,16,17,18,19). The molecule has 0 unspecified atom stereocenters. The van der Waals surface area contributed by atoms with Gasteiger partial charge in [-0.1, -0.05) is 24.3 Å². The van der Waals surface area contributed by atoms with Gasteiger partial charge in [-0.25, -0.2) is 0 Å². The number of fused-ring (bicyclic) bond motifs is 1. The lowest BCUT2D eigenvalue weighted by atomic mass is 10.0. The van der Waals surface area contributed by atoms with E-state index in [1.54, 1.807) is 0 Å². The molecule has 6 heteroatoms. The molecule has 0 saturated heterocycles. The number of anilines is 2. The molecule has 2 heterocycles. The molecule has 1 aromatic carbocycles. The van der Waals surface area contributed by atoms with Gasteiger partial charge < -0.3 is 15.4 Å². The molecule has 0 bridgehead atoms. The van der Waals surface area contributed by atoms with Gasteiger partial charge in [-0.3, -0.25) is 0 Å². The van der Waals surface area contributed by atoms with Crippen molar-refractivity contribution < 1.29 is 4.74 Å². The quantitative estimate of drug-likeness (QED) is 0.926. The van der Waals surface area contributed by atoms with E-state index in [1.807, 2.05) is 6.92 Å². The van der Waals surface area contributed by atoms with Crippen LogP contribution < -0.4 is 15.4 Å². The maximum atomic E-state index is 5.76. The summed E-state index contributed by atoms with van der Waals surface area (Å²) >= 11 is 0. The zero-order valence-electron chi connectivity index (χ0n) is 12.1. The highest BCUT2D eigenvalue weighted by molar-refractivity contribution is 5.40. The number of nitrogens with two attached hydrogens (primary N) is 1. The molecule has 1 aliphatic rings. The smallest absolute Gasteiger partial charge is 0.323 e. The highest BCUT2D eigenvalue weighted by atomic mass is 16.5. The predicted molar refractivity (Wildman–Crippen MR) is 81.2 cm³/mol. The van der Waals surface area contributed by atoms with Crippen molar-refractivity contribution in [2.75, 3.05) is 23.8 Å². The number of aryl methyl sites for hydroxylation is 1. The summed E-state index contributed by atoms with van der Waals surface area (Å²) in [5, 5.41) is 0. The lowest BCUT2D eigenvalue weighted by molar-refractivity contribution is 0.312. The average Bonchev–Trinajstić information content (AvgIpc) is 2.69. The summed E-state index contributed by atoms with van der Waals surface area (Å²) in [5.74, 6) is 0.781. The third kappa shape index (κ3) is 3.04. The van der Waals surface area contributed by atoms with Gasteiger partial charge in [0.1, 0.15) is 0 Å². The monoisotopic (exact) mass is 285 g/mol. The van der Waals surface area contributed by atoms with E-state index in [-0.39, 0.29) is 12.0 Å². The Morgan fingerprint density at radius 3 is 2.81 bits per heavy atom. The molecule has 1 aliphatic heterocycles. The number of hydrogen-bond donors (Lipinski definition) is 1. The number of benzene rings is 1. The molecule has 2 N–H and O–H groups in total. The van der Waals surface area contributed by atoms with E-state index in [0.29, 0.717) is 12.6 Å². The molecule has 6 nitrogen and oxygen atoms in total. The number of aromatic nitrogens is 3. The summed E-state index contributed by atoms with van der Waals surface area (Å²) in [4.78, 5) is 14.7. The van der Waals surface area contributed by atoms with Crippen molar-refractivity contribution in [1.82, 2.24) is 15.0 Å². The third-order valence-electron chi connectivity index (χ3n) is 3.53. The van der Waals surface area contributed by atoms with Gasteiger partial charge in [-0.05, 0) is 30.9 Å². The second-order valence-corrected chi connectivity index (χ2v) is 5.00. The van der Waals surface area contributed by atoms with Gasteiger partial charge in [-0.2, -0.15) is 15.0 Å². The summed E-state index contributed by atoms with van der Waals surface area (Å²) in [6.45, 7) is 4.07. The molecule has 0 spiro atoms. The number of rotatable bonds is 3. The summed E-state index contributed by atoms with van der Waals surface area (Å²) in [6.07, 6.45) is 2.14. The van der Waals surface area contributed by atoms with Crippen LogP contribution in [0.15, 0.2) is 24.3 Å². The zero-order chi connectivity index (χ0) is 14.7. The Bertz CT molecular complexity index is 631. The maximum Gasteiger partial charge on any atom is 0.323 e. The SMILES string of the molecule is CCOc1nc(N)nc(N2CCCc3ccccc3C2)n1. The van der Waals surface area contributed by atoms with Crippen LogP contribution in [0.5, 0.6) is 6.01 Å². The predicted octanol–water partition coefficient (Wildman–Crippen LogP) is 1.81. The van der Waals surface area contributed by atoms with Gasteiger partial charge in [0.25, 0.3) is 0 Å². The Balaban J connectivity index is 1.90. The molecule has 0 atom stereocenters. The Kier molecular flexibility index (Phi) is 3.85. The molecule has 0 radical (unpaired) electrons. The normalized spacial score (nSPS) is 14.4. The van der Waals surface area contributed by atoms with Gasteiger partial charge in [-0.15, -0.1) is 0 Å². The summed E-state index contributed by atoms with van der Waals surface area (Å²) in [6, 6.07) is 8.78. The highest BCUT2D eigenvalue weighted by Crippen LogP contribution is 2.22. The van der Waals surface area contributed by atoms with Gasteiger partial charge in [0.15, 0.2) is 0 Å². The van der Waals surface area contributed by atoms with E-state index >= 15 is 0 Å². The van der Waals surface area contributed by atoms with Crippen molar-refractivity contribution >= 4 is 11.9 Å². The highest BCUT2D eigenvalue weighted by Gasteiger charge is 2.18. The number of hydrogen-bond acceptors (Lipinski definition) is 6. The molecular weight excluding hydrogens is 266 g/mol. The molecule has 0 aliphatic carbocycles. The maximum absolute atomic E-state index is 5.76. The van der Waals surface area contributed by atoms with Crippen LogP contribution in [0.4, 0.5) is 11.9 Å². The van der Waals surface area contributed by atoms with E-state index in [1.165, 1.54) is 11.1 Å². The molecule has 110 valence electrons. The van der Waals surface area contributed by atoms with Crippen LogP contribution in [-0.2, 0) is 13.0 Å². The fraction of sp³-hybridized carbons (Fsp3) is 0.400. The van der Waals surface area contributed by atoms with E-state index in [2.05, 4.69) is 44.1 Å². The second kappa shape index (κ2) is 5.95. The van der Waals surface area contributed by atoms with Crippen LogP contribution in [0.3, 0.4) is 0 Å². The van der Waals surface area contributed by atoms with Crippen LogP contribution in [0.25, 0.3) is 0 Å². The Morgan fingerprint density at radius 2 is 2.00 bits per heavy atom.